The van der Waals surface area contributed by atoms with Gasteiger partial charge in [0.05, 0.1) is 6.04 Å². The molecule has 0 aliphatic carbocycles. The van der Waals surface area contributed by atoms with E-state index in [-0.39, 0.29) is 24.6 Å². The van der Waals surface area contributed by atoms with Gasteiger partial charge in [0, 0.05) is 6.42 Å². The molecule has 0 aliphatic heterocycles. The van der Waals surface area contributed by atoms with E-state index in [2.05, 4.69) is 5.32 Å². The second-order valence-corrected chi connectivity index (χ2v) is 4.67. The first-order chi connectivity index (χ1) is 9.43. The maximum absolute atomic E-state index is 11.8. The molecule has 5 N–H and O–H groups in total. The number of nitrogens with two attached hydrogens (primary N) is 1. The second-order valence-electron chi connectivity index (χ2n) is 4.67. The number of halogens is 1. The Morgan fingerprint density at radius 3 is 2.33 bits per heavy atom. The number of benzene rings is 1. The van der Waals surface area contributed by atoms with Crippen LogP contribution in [-0.4, -0.2) is 34.2 Å². The van der Waals surface area contributed by atoms with Gasteiger partial charge in [-0.25, -0.2) is 4.79 Å². The number of carbonyl (C=O) groups excluding carboxylic acids is 1. The zero-order valence-corrected chi connectivity index (χ0v) is 12.6. The van der Waals surface area contributed by atoms with Crippen LogP contribution in [0.3, 0.4) is 0 Å². The van der Waals surface area contributed by atoms with E-state index in [1.54, 1.807) is 12.1 Å². The van der Waals surface area contributed by atoms with E-state index in [4.69, 9.17) is 10.8 Å². The number of amides is 1. The van der Waals surface area contributed by atoms with Crippen LogP contribution in [0.4, 0.5) is 0 Å². The fraction of sp³-hybridized carbons (Fsp3) is 0.429. The first kappa shape index (κ1) is 19.2. The standard InChI is InChI=1S/C14H20N2O4.ClH/c1-2-3-11(15)13(18)16-12(14(19)20)8-9-4-6-10(17)7-5-9;/h4-7,11-12,17H,2-3,8,15H2,1H3,(H,16,18)(H,19,20);1H/t11-,12+;/m0./s1. The Morgan fingerprint density at radius 2 is 1.86 bits per heavy atom. The molecule has 0 saturated carbocycles. The molecule has 2 atom stereocenters. The lowest BCUT2D eigenvalue weighted by Gasteiger charge is -2.17. The molecule has 0 heterocycles. The molecule has 1 aromatic carbocycles. The number of aliphatic carboxylic acids is 1. The summed E-state index contributed by atoms with van der Waals surface area (Å²) < 4.78 is 0. The first-order valence-corrected chi connectivity index (χ1v) is 6.50. The van der Waals surface area contributed by atoms with E-state index >= 15 is 0 Å². The summed E-state index contributed by atoms with van der Waals surface area (Å²) in [6.07, 6.45) is 1.40. The minimum absolute atomic E-state index is 0. The number of phenols is 1. The summed E-state index contributed by atoms with van der Waals surface area (Å²) >= 11 is 0. The Labute approximate surface area is 129 Å². The number of phenolic OH excluding ortho intramolecular Hbond substituents is 1. The predicted octanol–water partition coefficient (Wildman–Crippen LogP) is 1.05. The van der Waals surface area contributed by atoms with Crippen molar-refractivity contribution in [3.63, 3.8) is 0 Å². The van der Waals surface area contributed by atoms with Crippen LogP contribution in [0.2, 0.25) is 0 Å². The highest BCUT2D eigenvalue weighted by Crippen LogP contribution is 2.11. The molecule has 7 heteroatoms. The van der Waals surface area contributed by atoms with Gasteiger partial charge >= 0.3 is 5.97 Å². The zero-order valence-electron chi connectivity index (χ0n) is 11.8. The van der Waals surface area contributed by atoms with E-state index in [1.165, 1.54) is 12.1 Å². The van der Waals surface area contributed by atoms with Crippen molar-refractivity contribution in [2.45, 2.75) is 38.3 Å². The Bertz CT molecular complexity index is 465. The van der Waals surface area contributed by atoms with Gasteiger partial charge in [0.15, 0.2) is 0 Å². The third-order valence-electron chi connectivity index (χ3n) is 2.93. The molecule has 0 aliphatic rings. The van der Waals surface area contributed by atoms with Gasteiger partial charge in [-0.2, -0.15) is 0 Å². The van der Waals surface area contributed by atoms with Crippen LogP contribution in [0, 0.1) is 0 Å². The summed E-state index contributed by atoms with van der Waals surface area (Å²) in [6.45, 7) is 1.90. The summed E-state index contributed by atoms with van der Waals surface area (Å²) in [5.74, 6) is -1.47. The molecule has 21 heavy (non-hydrogen) atoms. The van der Waals surface area contributed by atoms with Gasteiger partial charge < -0.3 is 21.3 Å². The number of rotatable bonds is 7. The molecule has 1 rings (SSSR count). The summed E-state index contributed by atoms with van der Waals surface area (Å²) in [4.78, 5) is 22.9. The van der Waals surface area contributed by atoms with Crippen molar-refractivity contribution in [2.75, 3.05) is 0 Å². The van der Waals surface area contributed by atoms with Gasteiger partial charge in [-0.05, 0) is 24.1 Å². The maximum Gasteiger partial charge on any atom is 0.326 e. The minimum Gasteiger partial charge on any atom is -0.508 e. The van der Waals surface area contributed by atoms with Crippen LogP contribution in [-0.2, 0) is 16.0 Å². The molecule has 0 spiro atoms. The maximum atomic E-state index is 11.8. The number of hydrogen-bond acceptors (Lipinski definition) is 4. The van der Waals surface area contributed by atoms with E-state index in [1.807, 2.05) is 6.92 Å². The van der Waals surface area contributed by atoms with Crippen molar-refractivity contribution >= 4 is 24.3 Å². The lowest BCUT2D eigenvalue weighted by atomic mass is 10.0. The molecule has 0 radical (unpaired) electrons. The van der Waals surface area contributed by atoms with Crippen LogP contribution in [0.15, 0.2) is 24.3 Å². The molecule has 0 saturated heterocycles. The monoisotopic (exact) mass is 316 g/mol. The normalized spacial score (nSPS) is 12.9. The predicted molar refractivity (Wildman–Crippen MR) is 81.5 cm³/mol. The lowest BCUT2D eigenvalue weighted by Crippen LogP contribution is -2.49. The number of carboxylic acids is 1. The van der Waals surface area contributed by atoms with Crippen molar-refractivity contribution in [1.82, 2.24) is 5.32 Å². The summed E-state index contributed by atoms with van der Waals surface area (Å²) in [6, 6.07) is 4.45. The highest BCUT2D eigenvalue weighted by atomic mass is 35.5. The third-order valence-corrected chi connectivity index (χ3v) is 2.93. The third kappa shape index (κ3) is 6.46. The molecule has 1 aromatic rings. The van der Waals surface area contributed by atoms with Crippen LogP contribution in [0.1, 0.15) is 25.3 Å². The Kier molecular flexibility index (Phi) is 8.42. The van der Waals surface area contributed by atoms with Crippen molar-refractivity contribution in [1.29, 1.82) is 0 Å². The zero-order chi connectivity index (χ0) is 15.1. The summed E-state index contributed by atoms with van der Waals surface area (Å²) in [5, 5.41) is 20.8. The number of carboxylic acid groups (broad SMARTS) is 1. The molecule has 0 unspecified atom stereocenters. The van der Waals surface area contributed by atoms with E-state index in [0.717, 1.165) is 6.42 Å². The smallest absolute Gasteiger partial charge is 0.326 e. The highest BCUT2D eigenvalue weighted by Gasteiger charge is 2.23. The SMILES string of the molecule is CCC[C@H](N)C(=O)N[C@H](Cc1ccc(O)cc1)C(=O)O.Cl. The van der Waals surface area contributed by atoms with E-state index in [0.29, 0.717) is 12.0 Å². The molecule has 0 bridgehead atoms. The number of hydrogen-bond donors (Lipinski definition) is 4. The second kappa shape index (κ2) is 9.20. The van der Waals surface area contributed by atoms with Crippen molar-refractivity contribution < 1.29 is 19.8 Å². The van der Waals surface area contributed by atoms with Crippen LogP contribution in [0.25, 0.3) is 0 Å². The van der Waals surface area contributed by atoms with Gasteiger partial charge in [0.1, 0.15) is 11.8 Å². The van der Waals surface area contributed by atoms with Gasteiger partial charge in [-0.1, -0.05) is 25.5 Å². The Balaban J connectivity index is 0.00000400. The Morgan fingerprint density at radius 1 is 1.29 bits per heavy atom. The molecule has 118 valence electrons. The molecule has 1 amide bonds. The van der Waals surface area contributed by atoms with E-state index < -0.39 is 24.0 Å². The quantitative estimate of drug-likeness (QED) is 0.600. The van der Waals surface area contributed by atoms with Gasteiger partial charge in [-0.3, -0.25) is 4.79 Å². The molecule has 0 aromatic heterocycles. The molecule has 0 fully saturated rings. The highest BCUT2D eigenvalue weighted by molar-refractivity contribution is 5.86. The van der Waals surface area contributed by atoms with Crippen LogP contribution in [0.5, 0.6) is 5.75 Å². The van der Waals surface area contributed by atoms with E-state index in [9.17, 15) is 14.7 Å². The van der Waals surface area contributed by atoms with Crippen molar-refractivity contribution in [3.05, 3.63) is 29.8 Å². The average Bonchev–Trinajstić information content (AvgIpc) is 2.40. The minimum atomic E-state index is -1.12. The molecule has 6 nitrogen and oxygen atoms in total. The van der Waals surface area contributed by atoms with Gasteiger partial charge in [0.25, 0.3) is 0 Å². The lowest BCUT2D eigenvalue weighted by molar-refractivity contribution is -0.142. The molecular formula is C14H21ClN2O4. The fourth-order valence-electron chi connectivity index (χ4n) is 1.79. The number of carbonyl (C=O) groups is 2. The average molecular weight is 317 g/mol. The van der Waals surface area contributed by atoms with Crippen LogP contribution < -0.4 is 11.1 Å². The Hall–Kier alpha value is -1.79. The molecular weight excluding hydrogens is 296 g/mol. The van der Waals surface area contributed by atoms with Gasteiger partial charge in [0.2, 0.25) is 5.91 Å². The van der Waals surface area contributed by atoms with Crippen molar-refractivity contribution in [2.24, 2.45) is 5.73 Å². The van der Waals surface area contributed by atoms with Gasteiger partial charge in [-0.15, -0.1) is 12.4 Å². The first-order valence-electron chi connectivity index (χ1n) is 6.50. The van der Waals surface area contributed by atoms with Crippen LogP contribution >= 0.6 is 12.4 Å². The fourth-order valence-corrected chi connectivity index (χ4v) is 1.79. The largest absolute Gasteiger partial charge is 0.508 e. The number of nitrogens with one attached hydrogen (secondary N) is 1. The summed E-state index contributed by atoms with van der Waals surface area (Å²) in [5.41, 5.74) is 6.36. The number of aromatic hydroxyl groups is 1. The van der Waals surface area contributed by atoms with Crippen molar-refractivity contribution in [3.8, 4) is 5.75 Å². The summed E-state index contributed by atoms with van der Waals surface area (Å²) in [7, 11) is 0. The topological polar surface area (TPSA) is 113 Å².